The molecular weight excluding hydrogens is 156 g/mol. The van der Waals surface area contributed by atoms with Crippen LogP contribution in [0, 0.1) is 0 Å². The fourth-order valence-electron chi connectivity index (χ4n) is 0.454. The number of ether oxygens (including phenoxy) is 1. The van der Waals surface area contributed by atoms with E-state index in [0.717, 1.165) is 13.2 Å². The number of nitrogen functional groups attached to an aromatic ring is 1. The number of nitrogens with two attached hydrogens (primary N) is 1. The van der Waals surface area contributed by atoms with Crippen molar-refractivity contribution in [3.05, 3.63) is 12.3 Å². The van der Waals surface area contributed by atoms with Crippen LogP contribution in [0.25, 0.3) is 0 Å². The number of nitrogens with zero attached hydrogens (tertiary/aromatic N) is 3. The number of hydrogen-bond acceptors (Lipinski definition) is 5. The van der Waals surface area contributed by atoms with E-state index in [9.17, 15) is 0 Å². The van der Waals surface area contributed by atoms with Crippen LogP contribution in [-0.2, 0) is 4.74 Å². The van der Waals surface area contributed by atoms with Gasteiger partial charge in [-0.15, -0.1) is 10.2 Å². The molecule has 0 fully saturated rings. The van der Waals surface area contributed by atoms with E-state index in [-0.39, 0.29) is 0 Å². The van der Waals surface area contributed by atoms with E-state index in [2.05, 4.69) is 15.4 Å². The SMILES string of the molecule is CCOCC.Nc1ccnnn1. The Morgan fingerprint density at radius 2 is 2.08 bits per heavy atom. The van der Waals surface area contributed by atoms with Crippen molar-refractivity contribution >= 4 is 5.82 Å². The van der Waals surface area contributed by atoms with Crippen LogP contribution in [0.3, 0.4) is 0 Å². The van der Waals surface area contributed by atoms with Crippen molar-refractivity contribution < 1.29 is 4.74 Å². The maximum atomic E-state index is 5.14. The fourth-order valence-corrected chi connectivity index (χ4v) is 0.454. The molecule has 1 aromatic rings. The first kappa shape index (κ1) is 10.8. The van der Waals surface area contributed by atoms with E-state index in [4.69, 9.17) is 10.5 Å². The molecule has 0 unspecified atom stereocenters. The zero-order valence-electron chi connectivity index (χ0n) is 7.40. The summed E-state index contributed by atoms with van der Waals surface area (Å²) in [6.45, 7) is 5.67. The molecule has 0 amide bonds. The Bertz CT molecular complexity index is 178. The lowest BCUT2D eigenvalue weighted by Gasteiger charge is -1.86. The van der Waals surface area contributed by atoms with Crippen molar-refractivity contribution in [2.75, 3.05) is 18.9 Å². The van der Waals surface area contributed by atoms with Gasteiger partial charge < -0.3 is 10.5 Å². The molecule has 68 valence electrons. The summed E-state index contributed by atoms with van der Waals surface area (Å²) in [5, 5.41) is 10.1. The van der Waals surface area contributed by atoms with E-state index in [1.165, 1.54) is 6.20 Å². The Balaban J connectivity index is 0.000000217. The van der Waals surface area contributed by atoms with Crippen LogP contribution >= 0.6 is 0 Å². The molecule has 0 atom stereocenters. The van der Waals surface area contributed by atoms with Gasteiger partial charge in [-0.2, -0.15) is 0 Å². The molecular formula is C7H14N4O. The summed E-state index contributed by atoms with van der Waals surface area (Å²) in [6, 6.07) is 1.58. The predicted octanol–water partition coefficient (Wildman–Crippen LogP) is 0.497. The zero-order valence-corrected chi connectivity index (χ0v) is 7.40. The smallest absolute Gasteiger partial charge is 0.149 e. The molecule has 5 heteroatoms. The predicted molar refractivity (Wildman–Crippen MR) is 46.4 cm³/mol. The van der Waals surface area contributed by atoms with Crippen LogP contribution in [0.5, 0.6) is 0 Å². The van der Waals surface area contributed by atoms with Crippen molar-refractivity contribution in [1.82, 2.24) is 15.4 Å². The Labute approximate surface area is 71.9 Å². The second-order valence-electron chi connectivity index (χ2n) is 1.83. The van der Waals surface area contributed by atoms with E-state index >= 15 is 0 Å². The van der Waals surface area contributed by atoms with Gasteiger partial charge in [-0.3, -0.25) is 0 Å². The maximum Gasteiger partial charge on any atom is 0.149 e. The molecule has 1 rings (SSSR count). The van der Waals surface area contributed by atoms with Gasteiger partial charge in [0.2, 0.25) is 0 Å². The summed E-state index contributed by atoms with van der Waals surface area (Å²) in [5.74, 6) is 0.398. The summed E-state index contributed by atoms with van der Waals surface area (Å²) in [7, 11) is 0. The van der Waals surface area contributed by atoms with Gasteiger partial charge in [0.25, 0.3) is 0 Å². The van der Waals surface area contributed by atoms with Crippen LogP contribution in [0.1, 0.15) is 13.8 Å². The number of anilines is 1. The highest BCUT2D eigenvalue weighted by atomic mass is 16.5. The molecule has 5 nitrogen and oxygen atoms in total. The molecule has 12 heavy (non-hydrogen) atoms. The number of hydrogen-bond donors (Lipinski definition) is 1. The standard InChI is InChI=1S/C4H10O.C3H4N4/c1-3-5-4-2;4-3-1-2-5-7-6-3/h3-4H2,1-2H3;1-2H,(H2,4,5,6). The van der Waals surface area contributed by atoms with Gasteiger partial charge in [-0.1, -0.05) is 0 Å². The minimum atomic E-state index is 0.398. The zero-order chi connectivity index (χ0) is 9.23. The second-order valence-corrected chi connectivity index (χ2v) is 1.83. The molecule has 0 saturated carbocycles. The van der Waals surface area contributed by atoms with Crippen molar-refractivity contribution in [2.45, 2.75) is 13.8 Å². The molecule has 0 aliphatic carbocycles. The van der Waals surface area contributed by atoms with Crippen LogP contribution in [0.2, 0.25) is 0 Å². The fraction of sp³-hybridized carbons (Fsp3) is 0.571. The highest BCUT2D eigenvalue weighted by Crippen LogP contribution is 1.83. The largest absolute Gasteiger partial charge is 0.382 e. The van der Waals surface area contributed by atoms with Crippen molar-refractivity contribution in [2.24, 2.45) is 0 Å². The van der Waals surface area contributed by atoms with Gasteiger partial charge in [0, 0.05) is 19.3 Å². The van der Waals surface area contributed by atoms with Crippen LogP contribution in [0.15, 0.2) is 12.3 Å². The molecule has 0 aromatic carbocycles. The summed E-state index contributed by atoms with van der Waals surface area (Å²) < 4.78 is 4.83. The molecule has 1 heterocycles. The topological polar surface area (TPSA) is 73.9 Å². The first-order valence-corrected chi connectivity index (χ1v) is 3.78. The van der Waals surface area contributed by atoms with Gasteiger partial charge in [0.1, 0.15) is 5.82 Å². The highest BCUT2D eigenvalue weighted by Gasteiger charge is 1.76. The van der Waals surface area contributed by atoms with Gasteiger partial charge >= 0.3 is 0 Å². The lowest BCUT2D eigenvalue weighted by molar-refractivity contribution is 0.162. The summed E-state index contributed by atoms with van der Waals surface area (Å²) in [4.78, 5) is 0. The Morgan fingerprint density at radius 3 is 2.25 bits per heavy atom. The van der Waals surface area contributed by atoms with Crippen LogP contribution in [0.4, 0.5) is 5.82 Å². The summed E-state index contributed by atoms with van der Waals surface area (Å²) in [5.41, 5.74) is 5.14. The third-order valence-corrected chi connectivity index (χ3v) is 0.932. The summed E-state index contributed by atoms with van der Waals surface area (Å²) in [6.07, 6.45) is 1.49. The van der Waals surface area contributed by atoms with E-state index in [1.54, 1.807) is 6.07 Å². The van der Waals surface area contributed by atoms with E-state index < -0.39 is 0 Å². The molecule has 0 spiro atoms. The molecule has 2 N–H and O–H groups in total. The average Bonchev–Trinajstić information content (AvgIpc) is 2.08. The molecule has 0 aliphatic heterocycles. The number of rotatable bonds is 2. The van der Waals surface area contributed by atoms with Crippen molar-refractivity contribution in [3.63, 3.8) is 0 Å². The van der Waals surface area contributed by atoms with E-state index in [1.807, 2.05) is 13.8 Å². The Morgan fingerprint density at radius 1 is 1.42 bits per heavy atom. The average molecular weight is 170 g/mol. The normalized spacial score (nSPS) is 8.50. The van der Waals surface area contributed by atoms with Crippen LogP contribution < -0.4 is 5.73 Å². The van der Waals surface area contributed by atoms with Crippen molar-refractivity contribution in [3.8, 4) is 0 Å². The lowest BCUT2D eigenvalue weighted by atomic mass is 10.6. The first-order valence-electron chi connectivity index (χ1n) is 3.78. The van der Waals surface area contributed by atoms with Gasteiger partial charge in [-0.05, 0) is 19.1 Å². The third kappa shape index (κ3) is 6.88. The van der Waals surface area contributed by atoms with E-state index in [0.29, 0.717) is 5.82 Å². The van der Waals surface area contributed by atoms with Crippen molar-refractivity contribution in [1.29, 1.82) is 0 Å². The molecule has 0 aliphatic rings. The number of aromatic nitrogens is 3. The molecule has 1 aromatic heterocycles. The highest BCUT2D eigenvalue weighted by molar-refractivity contribution is 5.21. The monoisotopic (exact) mass is 170 g/mol. The Hall–Kier alpha value is -1.23. The Kier molecular flexibility index (Phi) is 7.07. The van der Waals surface area contributed by atoms with Gasteiger partial charge in [0.15, 0.2) is 0 Å². The minimum Gasteiger partial charge on any atom is -0.382 e. The molecule has 0 radical (unpaired) electrons. The second kappa shape index (κ2) is 7.87. The third-order valence-electron chi connectivity index (χ3n) is 0.932. The first-order chi connectivity index (χ1) is 5.81. The molecule has 0 saturated heterocycles. The van der Waals surface area contributed by atoms with Crippen LogP contribution in [-0.4, -0.2) is 28.6 Å². The summed E-state index contributed by atoms with van der Waals surface area (Å²) >= 11 is 0. The van der Waals surface area contributed by atoms with Gasteiger partial charge in [-0.25, -0.2) is 0 Å². The van der Waals surface area contributed by atoms with Gasteiger partial charge in [0.05, 0.1) is 6.20 Å². The molecule has 0 bridgehead atoms. The quantitative estimate of drug-likeness (QED) is 0.699. The lowest BCUT2D eigenvalue weighted by Crippen LogP contribution is -1.91. The minimum absolute atomic E-state index is 0.398. The maximum absolute atomic E-state index is 5.14.